The van der Waals surface area contributed by atoms with Crippen molar-refractivity contribution in [3.8, 4) is 34.8 Å². The van der Waals surface area contributed by atoms with E-state index in [1.54, 1.807) is 17.8 Å². The van der Waals surface area contributed by atoms with Gasteiger partial charge in [-0.3, -0.25) is 14.9 Å². The molecule has 1 aliphatic heterocycles. The maximum atomic E-state index is 11.8. The van der Waals surface area contributed by atoms with Gasteiger partial charge < -0.3 is 19.0 Å². The van der Waals surface area contributed by atoms with Gasteiger partial charge in [-0.2, -0.15) is 0 Å². The first-order valence-electron chi connectivity index (χ1n) is 16.7. The lowest BCUT2D eigenvalue weighted by atomic mass is 10.1. The van der Waals surface area contributed by atoms with E-state index in [0.29, 0.717) is 37.6 Å². The van der Waals surface area contributed by atoms with E-state index in [2.05, 4.69) is 22.1 Å². The molecule has 2 aromatic heterocycles. The molecule has 5 aromatic rings. The number of benzene rings is 3. The summed E-state index contributed by atoms with van der Waals surface area (Å²) in [7, 11) is 0. The number of nitrogens with zero attached hydrogens (tertiary/aromatic N) is 2. The minimum Gasteiger partial charge on any atom is -0.494 e. The molecule has 52 heavy (non-hydrogen) atoms. The van der Waals surface area contributed by atoms with Crippen LogP contribution in [0.4, 0.5) is 4.79 Å². The highest BCUT2D eigenvalue weighted by molar-refractivity contribution is 8.15. The first-order valence-corrected chi connectivity index (χ1v) is 18.5. The van der Waals surface area contributed by atoms with Gasteiger partial charge >= 0.3 is 5.97 Å². The van der Waals surface area contributed by atoms with Gasteiger partial charge in [-0.15, -0.1) is 11.8 Å². The van der Waals surface area contributed by atoms with Gasteiger partial charge in [-0.05, 0) is 116 Å². The first-order chi connectivity index (χ1) is 25.3. The molecule has 1 atom stereocenters. The van der Waals surface area contributed by atoms with Crippen LogP contribution in [0.1, 0.15) is 51.5 Å². The first kappa shape index (κ1) is 36.3. The van der Waals surface area contributed by atoms with Crippen LogP contribution in [0.25, 0.3) is 11.5 Å². The normalized spacial score (nSPS) is 13.7. The van der Waals surface area contributed by atoms with Crippen molar-refractivity contribution in [1.82, 2.24) is 15.3 Å². The second-order valence-corrected chi connectivity index (χ2v) is 14.1. The number of unbranched alkanes of at least 4 members (excludes halogenated alkanes) is 1. The average molecular weight is 734 g/mol. The van der Waals surface area contributed by atoms with Gasteiger partial charge in [-0.25, -0.2) is 14.8 Å². The van der Waals surface area contributed by atoms with Gasteiger partial charge in [0.15, 0.2) is 0 Å². The van der Waals surface area contributed by atoms with Crippen LogP contribution in [0.2, 0.25) is 0 Å². The molecule has 1 aliphatic rings. The van der Waals surface area contributed by atoms with E-state index in [9.17, 15) is 14.4 Å². The van der Waals surface area contributed by atoms with Crippen molar-refractivity contribution < 1.29 is 33.4 Å². The molecule has 1 saturated heterocycles. The lowest BCUT2D eigenvalue weighted by Gasteiger charge is -2.08. The molecule has 10 nitrogen and oxygen atoms in total. The number of hydrogen-bond acceptors (Lipinski definition) is 10. The molecule has 0 spiro atoms. The number of carboxylic acids is 1. The second kappa shape index (κ2) is 17.6. The third kappa shape index (κ3) is 10.3. The summed E-state index contributed by atoms with van der Waals surface area (Å²) in [6.07, 6.45) is 4.33. The fraction of sp³-hybridized carbons (Fsp3) is 0.225. The summed E-state index contributed by atoms with van der Waals surface area (Å²) in [4.78, 5) is 44.1. The number of pyridine rings is 1. The van der Waals surface area contributed by atoms with Crippen LogP contribution in [0.15, 0.2) is 100 Å². The number of aromatic carboxylic acids is 1. The smallest absolute Gasteiger partial charge is 0.337 e. The molecule has 6 rings (SSSR count). The highest BCUT2D eigenvalue weighted by Gasteiger charge is 2.31. The van der Waals surface area contributed by atoms with Gasteiger partial charge in [0.2, 0.25) is 11.8 Å². The SMILES string of the molecule is Cc1oc(-c2ccc(OCCCCSc3ccc(C#Cc4ccc(C(=O)O)cn4)cc3)cc2)nc1CCOc1ccc(CC2SC(=O)NC2=O)cc1. The largest absolute Gasteiger partial charge is 0.494 e. The topological polar surface area (TPSA) is 141 Å². The number of thioether (sulfide) groups is 2. The number of imide groups is 1. The van der Waals surface area contributed by atoms with Gasteiger partial charge in [0.25, 0.3) is 5.24 Å². The van der Waals surface area contributed by atoms with Crippen molar-refractivity contribution in [2.24, 2.45) is 0 Å². The Balaban J connectivity index is 0.871. The second-order valence-electron chi connectivity index (χ2n) is 11.8. The molecule has 2 N–H and O–H groups in total. The molecule has 0 aliphatic carbocycles. The Morgan fingerprint density at radius 2 is 1.65 bits per heavy atom. The molecular formula is C40H35N3O7S2. The third-order valence-corrected chi connectivity index (χ3v) is 10.1. The lowest BCUT2D eigenvalue weighted by molar-refractivity contribution is -0.118. The molecule has 0 radical (unpaired) electrons. The number of carbonyl (C=O) groups excluding carboxylic acids is 2. The van der Waals surface area contributed by atoms with Crippen LogP contribution in [0.5, 0.6) is 11.5 Å². The summed E-state index contributed by atoms with van der Waals surface area (Å²) in [5.41, 5.74) is 4.19. The Hall–Kier alpha value is -5.51. The summed E-state index contributed by atoms with van der Waals surface area (Å²) < 4.78 is 17.8. The van der Waals surface area contributed by atoms with Crippen molar-refractivity contribution in [1.29, 1.82) is 0 Å². The summed E-state index contributed by atoms with van der Waals surface area (Å²) in [5, 5.41) is 10.6. The van der Waals surface area contributed by atoms with Crippen molar-refractivity contribution in [3.05, 3.63) is 125 Å². The van der Waals surface area contributed by atoms with Gasteiger partial charge in [0.1, 0.15) is 23.0 Å². The Labute approximate surface area is 309 Å². The minimum atomic E-state index is -1.01. The maximum Gasteiger partial charge on any atom is 0.337 e. The zero-order chi connectivity index (χ0) is 36.3. The highest BCUT2D eigenvalue weighted by atomic mass is 32.2. The number of carboxylic acid groups (broad SMARTS) is 1. The van der Waals surface area contributed by atoms with Crippen LogP contribution in [0.3, 0.4) is 0 Å². The zero-order valence-electron chi connectivity index (χ0n) is 28.3. The molecule has 1 unspecified atom stereocenters. The fourth-order valence-electron chi connectivity index (χ4n) is 5.16. The van der Waals surface area contributed by atoms with Gasteiger partial charge in [-0.1, -0.05) is 29.8 Å². The van der Waals surface area contributed by atoms with E-state index < -0.39 is 5.97 Å². The predicted molar refractivity (Wildman–Crippen MR) is 200 cm³/mol. The monoisotopic (exact) mass is 733 g/mol. The quantitative estimate of drug-likeness (QED) is 0.0624. The average Bonchev–Trinajstić information content (AvgIpc) is 3.69. The number of rotatable bonds is 15. The molecule has 1 fully saturated rings. The summed E-state index contributed by atoms with van der Waals surface area (Å²) in [6.45, 7) is 2.95. The zero-order valence-corrected chi connectivity index (χ0v) is 29.9. The summed E-state index contributed by atoms with van der Waals surface area (Å²) >= 11 is 2.82. The molecule has 3 aromatic carbocycles. The molecule has 3 heterocycles. The standard InChI is InChI=1S/C40H35N3O7S2/c1-26-35(20-22-49-32-14-5-28(6-15-32)24-36-37(44)43-40(47)52-36)42-38(50-26)29-10-16-33(17-11-29)48-21-2-3-23-51-34-18-7-27(8-19-34)4-12-31-13-9-30(25-41-31)39(45)46/h5-11,13-19,25,36H,2-3,20-24H2,1H3,(H,45,46)(H,43,44,47). The molecular weight excluding hydrogens is 699 g/mol. The van der Waals surface area contributed by atoms with Crippen molar-refractivity contribution in [2.45, 2.75) is 42.8 Å². The number of ether oxygens (including phenoxy) is 2. The van der Waals surface area contributed by atoms with E-state index in [4.69, 9.17) is 24.0 Å². The minimum absolute atomic E-state index is 0.137. The number of aryl methyl sites for hydroxylation is 1. The molecule has 264 valence electrons. The number of hydrogen-bond donors (Lipinski definition) is 2. The Kier molecular flexibility index (Phi) is 12.3. The van der Waals surface area contributed by atoms with Crippen molar-refractivity contribution in [2.75, 3.05) is 19.0 Å². The fourth-order valence-corrected chi connectivity index (χ4v) is 6.93. The van der Waals surface area contributed by atoms with Crippen LogP contribution in [0, 0.1) is 18.8 Å². The number of oxazole rings is 1. The number of nitrogens with one attached hydrogen (secondary N) is 1. The van der Waals surface area contributed by atoms with Crippen molar-refractivity contribution in [3.63, 3.8) is 0 Å². The van der Waals surface area contributed by atoms with E-state index in [1.807, 2.05) is 79.7 Å². The molecule has 0 saturated carbocycles. The van der Waals surface area contributed by atoms with E-state index in [1.165, 1.54) is 17.2 Å². The van der Waals surface area contributed by atoms with Gasteiger partial charge in [0.05, 0.1) is 29.7 Å². The van der Waals surface area contributed by atoms with E-state index >= 15 is 0 Å². The summed E-state index contributed by atoms with van der Waals surface area (Å²) in [6, 6.07) is 26.4. The molecule has 0 bridgehead atoms. The Morgan fingerprint density at radius 3 is 2.33 bits per heavy atom. The molecule has 2 amide bonds. The van der Waals surface area contributed by atoms with Crippen LogP contribution in [-0.4, -0.2) is 56.4 Å². The predicted octanol–water partition coefficient (Wildman–Crippen LogP) is 7.61. The number of aromatic nitrogens is 2. The van der Waals surface area contributed by atoms with E-state index in [0.717, 1.165) is 70.0 Å². The number of amides is 2. The third-order valence-electron chi connectivity index (χ3n) is 7.99. The summed E-state index contributed by atoms with van der Waals surface area (Å²) in [5.74, 6) is 8.56. The van der Waals surface area contributed by atoms with Crippen LogP contribution >= 0.6 is 23.5 Å². The van der Waals surface area contributed by atoms with Crippen LogP contribution < -0.4 is 14.8 Å². The number of carbonyl (C=O) groups is 3. The maximum absolute atomic E-state index is 11.8. The van der Waals surface area contributed by atoms with Crippen molar-refractivity contribution >= 4 is 40.6 Å². The van der Waals surface area contributed by atoms with E-state index in [-0.39, 0.29) is 22.0 Å². The lowest BCUT2D eigenvalue weighted by Crippen LogP contribution is -2.25. The van der Waals surface area contributed by atoms with Crippen LogP contribution in [-0.2, 0) is 17.6 Å². The van der Waals surface area contributed by atoms with Gasteiger partial charge in [0, 0.05) is 28.6 Å². The highest BCUT2D eigenvalue weighted by Crippen LogP contribution is 2.26. The Bertz CT molecular complexity index is 2070. The Morgan fingerprint density at radius 1 is 0.923 bits per heavy atom. The molecule has 12 heteroatoms.